The second-order valence-electron chi connectivity index (χ2n) is 2.93. The highest BCUT2D eigenvalue weighted by molar-refractivity contribution is 4.89. The third kappa shape index (κ3) is 1.46. The monoisotopic (exact) mass is 146 g/mol. The molecule has 0 saturated heterocycles. The summed E-state index contributed by atoms with van der Waals surface area (Å²) in [7, 11) is 0. The van der Waals surface area contributed by atoms with E-state index in [4.69, 9.17) is 21.7 Å². The molecule has 0 aromatic carbocycles. The number of hydrogen-bond donors (Lipinski definition) is 4. The number of nitrogens with two attached hydrogens (primary N) is 2. The summed E-state index contributed by atoms with van der Waals surface area (Å²) in [5.74, 6) is 0. The molecular formula is C6H14N2O2. The van der Waals surface area contributed by atoms with Gasteiger partial charge in [0, 0.05) is 12.1 Å². The lowest BCUT2D eigenvalue weighted by Gasteiger charge is -2.32. The van der Waals surface area contributed by atoms with E-state index in [1.807, 2.05) is 0 Å². The lowest BCUT2D eigenvalue weighted by Crippen LogP contribution is -2.52. The molecule has 4 atom stereocenters. The van der Waals surface area contributed by atoms with Crippen LogP contribution >= 0.6 is 0 Å². The zero-order valence-electron chi connectivity index (χ0n) is 5.77. The highest BCUT2D eigenvalue weighted by atomic mass is 16.3. The smallest absolute Gasteiger partial charge is 0.0815 e. The molecule has 1 aliphatic rings. The van der Waals surface area contributed by atoms with Gasteiger partial charge in [-0.05, 0) is 12.8 Å². The summed E-state index contributed by atoms with van der Waals surface area (Å²) in [5, 5.41) is 18.2. The molecule has 0 heterocycles. The summed E-state index contributed by atoms with van der Waals surface area (Å²) in [4.78, 5) is 0. The molecule has 1 aliphatic carbocycles. The normalized spacial score (nSPS) is 49.2. The lowest BCUT2D eigenvalue weighted by molar-refractivity contribution is -0.0198. The largest absolute Gasteiger partial charge is 0.390 e. The Morgan fingerprint density at radius 3 is 1.50 bits per heavy atom. The summed E-state index contributed by atoms with van der Waals surface area (Å²) in [6.07, 6.45) is -0.561. The van der Waals surface area contributed by atoms with E-state index in [0.29, 0.717) is 12.8 Å². The summed E-state index contributed by atoms with van der Waals surface area (Å²) in [5.41, 5.74) is 11.1. The maximum absolute atomic E-state index is 9.08. The average Bonchev–Trinajstić information content (AvgIpc) is 1.84. The van der Waals surface area contributed by atoms with E-state index >= 15 is 0 Å². The van der Waals surface area contributed by atoms with Crippen LogP contribution in [0.2, 0.25) is 0 Å². The van der Waals surface area contributed by atoms with Gasteiger partial charge in [-0.2, -0.15) is 0 Å². The molecule has 1 saturated carbocycles. The highest BCUT2D eigenvalue weighted by Crippen LogP contribution is 2.16. The Labute approximate surface area is 59.8 Å². The van der Waals surface area contributed by atoms with Crippen LogP contribution in [0.1, 0.15) is 12.8 Å². The Morgan fingerprint density at radius 2 is 1.20 bits per heavy atom. The van der Waals surface area contributed by atoms with E-state index in [0.717, 1.165) is 0 Å². The Balaban J connectivity index is 2.46. The first-order valence-electron chi connectivity index (χ1n) is 3.48. The first kappa shape index (κ1) is 7.94. The first-order chi connectivity index (χ1) is 4.61. The van der Waals surface area contributed by atoms with Crippen LogP contribution in [0.4, 0.5) is 0 Å². The molecule has 4 nitrogen and oxygen atoms in total. The molecular weight excluding hydrogens is 132 g/mol. The zero-order chi connectivity index (χ0) is 7.72. The molecule has 0 aliphatic heterocycles. The van der Waals surface area contributed by atoms with Crippen molar-refractivity contribution in [3.8, 4) is 0 Å². The summed E-state index contributed by atoms with van der Waals surface area (Å²) >= 11 is 0. The molecule has 0 aromatic rings. The van der Waals surface area contributed by atoms with Crippen molar-refractivity contribution in [1.29, 1.82) is 0 Å². The van der Waals surface area contributed by atoms with Gasteiger partial charge in [0.1, 0.15) is 0 Å². The maximum Gasteiger partial charge on any atom is 0.0815 e. The van der Waals surface area contributed by atoms with Crippen LogP contribution in [0.3, 0.4) is 0 Å². The fourth-order valence-corrected chi connectivity index (χ4v) is 1.22. The third-order valence-electron chi connectivity index (χ3n) is 2.02. The third-order valence-corrected chi connectivity index (χ3v) is 2.02. The van der Waals surface area contributed by atoms with Crippen molar-refractivity contribution in [2.45, 2.75) is 37.1 Å². The van der Waals surface area contributed by atoms with Crippen molar-refractivity contribution < 1.29 is 10.2 Å². The quantitative estimate of drug-likeness (QED) is 0.323. The molecule has 10 heavy (non-hydrogen) atoms. The molecule has 6 N–H and O–H groups in total. The van der Waals surface area contributed by atoms with Crippen LogP contribution in [-0.2, 0) is 0 Å². The van der Waals surface area contributed by atoms with E-state index in [1.54, 1.807) is 0 Å². The van der Waals surface area contributed by atoms with E-state index in [9.17, 15) is 0 Å². The summed E-state index contributed by atoms with van der Waals surface area (Å²) in [6, 6.07) is -0.336. The van der Waals surface area contributed by atoms with Gasteiger partial charge in [0.15, 0.2) is 0 Å². The van der Waals surface area contributed by atoms with Gasteiger partial charge in [-0.3, -0.25) is 0 Å². The minimum absolute atomic E-state index is 0.168. The van der Waals surface area contributed by atoms with Crippen LogP contribution in [0.15, 0.2) is 0 Å². The predicted molar refractivity (Wildman–Crippen MR) is 37.2 cm³/mol. The van der Waals surface area contributed by atoms with Crippen LogP contribution in [-0.4, -0.2) is 34.5 Å². The molecule has 60 valence electrons. The van der Waals surface area contributed by atoms with E-state index < -0.39 is 12.2 Å². The topological polar surface area (TPSA) is 92.5 Å². The summed E-state index contributed by atoms with van der Waals surface area (Å²) in [6.45, 7) is 0. The SMILES string of the molecule is N[C@@H]1C[C@@H](O)[C@H](O)C[C@@H]1N. The second-order valence-corrected chi connectivity index (χ2v) is 2.93. The van der Waals surface area contributed by atoms with E-state index in [-0.39, 0.29) is 12.1 Å². The van der Waals surface area contributed by atoms with Gasteiger partial charge < -0.3 is 21.7 Å². The molecule has 0 amide bonds. The Kier molecular flexibility index (Phi) is 2.25. The van der Waals surface area contributed by atoms with Crippen molar-refractivity contribution in [3.05, 3.63) is 0 Å². The van der Waals surface area contributed by atoms with Gasteiger partial charge in [-0.15, -0.1) is 0 Å². The van der Waals surface area contributed by atoms with Gasteiger partial charge in [0.05, 0.1) is 12.2 Å². The Bertz CT molecular complexity index is 94.3. The highest BCUT2D eigenvalue weighted by Gasteiger charge is 2.30. The molecule has 0 aromatic heterocycles. The molecule has 0 radical (unpaired) electrons. The molecule has 1 rings (SSSR count). The average molecular weight is 146 g/mol. The number of hydrogen-bond acceptors (Lipinski definition) is 4. The Hall–Kier alpha value is -0.160. The Morgan fingerprint density at radius 1 is 0.900 bits per heavy atom. The minimum atomic E-state index is -0.685. The van der Waals surface area contributed by atoms with Crippen molar-refractivity contribution in [1.82, 2.24) is 0 Å². The van der Waals surface area contributed by atoms with Crippen LogP contribution in [0.25, 0.3) is 0 Å². The molecule has 0 bridgehead atoms. The number of aliphatic hydroxyl groups excluding tert-OH is 2. The summed E-state index contributed by atoms with van der Waals surface area (Å²) < 4.78 is 0. The molecule has 1 fully saturated rings. The molecule has 0 unspecified atom stereocenters. The predicted octanol–water partition coefficient (Wildman–Crippen LogP) is -1.84. The fourth-order valence-electron chi connectivity index (χ4n) is 1.22. The van der Waals surface area contributed by atoms with Crippen molar-refractivity contribution in [2.75, 3.05) is 0 Å². The van der Waals surface area contributed by atoms with Crippen LogP contribution in [0.5, 0.6) is 0 Å². The van der Waals surface area contributed by atoms with E-state index in [2.05, 4.69) is 0 Å². The van der Waals surface area contributed by atoms with Crippen molar-refractivity contribution >= 4 is 0 Å². The van der Waals surface area contributed by atoms with Gasteiger partial charge >= 0.3 is 0 Å². The van der Waals surface area contributed by atoms with Gasteiger partial charge in [0.2, 0.25) is 0 Å². The lowest BCUT2D eigenvalue weighted by atomic mass is 9.87. The van der Waals surface area contributed by atoms with Gasteiger partial charge in [0.25, 0.3) is 0 Å². The standard InChI is InChI=1S/C6H14N2O2/c7-3-1-5(9)6(10)2-4(3)8/h3-6,9-10H,1-2,7-8H2/t3-,4+,5-,6-/m1/s1. The first-order valence-corrected chi connectivity index (χ1v) is 3.48. The van der Waals surface area contributed by atoms with E-state index in [1.165, 1.54) is 0 Å². The van der Waals surface area contributed by atoms with Crippen molar-refractivity contribution in [3.63, 3.8) is 0 Å². The minimum Gasteiger partial charge on any atom is -0.390 e. The zero-order valence-corrected chi connectivity index (χ0v) is 5.77. The van der Waals surface area contributed by atoms with Crippen LogP contribution < -0.4 is 11.5 Å². The number of rotatable bonds is 0. The van der Waals surface area contributed by atoms with Gasteiger partial charge in [-0.25, -0.2) is 0 Å². The number of aliphatic hydroxyl groups is 2. The van der Waals surface area contributed by atoms with Gasteiger partial charge in [-0.1, -0.05) is 0 Å². The maximum atomic E-state index is 9.08. The fraction of sp³-hybridized carbons (Fsp3) is 1.00. The molecule has 0 spiro atoms. The van der Waals surface area contributed by atoms with Crippen LogP contribution in [0, 0.1) is 0 Å². The molecule has 4 heteroatoms. The second kappa shape index (κ2) is 2.84. The van der Waals surface area contributed by atoms with Crippen molar-refractivity contribution in [2.24, 2.45) is 11.5 Å².